The van der Waals surface area contributed by atoms with Crippen LogP contribution in [0.15, 0.2) is 0 Å². The van der Waals surface area contributed by atoms with Crippen molar-refractivity contribution < 1.29 is 17.9 Å². The SMILES string of the molecule is CC(CC#N)OCC(F)(F)F. The van der Waals surface area contributed by atoms with E-state index < -0.39 is 18.9 Å². The van der Waals surface area contributed by atoms with Gasteiger partial charge >= 0.3 is 6.18 Å². The molecule has 0 bridgehead atoms. The lowest BCUT2D eigenvalue weighted by atomic mass is 10.3. The maximum atomic E-state index is 11.4. The Balaban J connectivity index is 3.48. The van der Waals surface area contributed by atoms with Crippen molar-refractivity contribution in [2.75, 3.05) is 6.61 Å². The molecule has 1 atom stereocenters. The van der Waals surface area contributed by atoms with Crippen molar-refractivity contribution in [1.82, 2.24) is 0 Å². The van der Waals surface area contributed by atoms with Crippen molar-refractivity contribution >= 4 is 0 Å². The molecule has 11 heavy (non-hydrogen) atoms. The lowest BCUT2D eigenvalue weighted by molar-refractivity contribution is -0.183. The highest BCUT2D eigenvalue weighted by Crippen LogP contribution is 2.15. The summed E-state index contributed by atoms with van der Waals surface area (Å²) in [5.41, 5.74) is 0. The molecule has 1 unspecified atom stereocenters. The molecule has 0 aliphatic heterocycles. The Labute approximate surface area is 62.6 Å². The lowest BCUT2D eigenvalue weighted by Crippen LogP contribution is -2.21. The van der Waals surface area contributed by atoms with Gasteiger partial charge in [-0.15, -0.1) is 0 Å². The van der Waals surface area contributed by atoms with E-state index in [2.05, 4.69) is 4.74 Å². The smallest absolute Gasteiger partial charge is 0.368 e. The zero-order valence-electron chi connectivity index (χ0n) is 5.98. The predicted octanol–water partition coefficient (Wildman–Crippen LogP) is 1.87. The number of hydrogen-bond acceptors (Lipinski definition) is 2. The molecule has 0 saturated heterocycles. The van der Waals surface area contributed by atoms with Crippen molar-refractivity contribution in [2.24, 2.45) is 0 Å². The van der Waals surface area contributed by atoms with Crippen LogP contribution in [-0.4, -0.2) is 18.9 Å². The Morgan fingerprint density at radius 2 is 2.09 bits per heavy atom. The summed E-state index contributed by atoms with van der Waals surface area (Å²) in [6.07, 6.45) is -4.97. The van der Waals surface area contributed by atoms with Gasteiger partial charge in [-0.05, 0) is 6.92 Å². The van der Waals surface area contributed by atoms with Crippen LogP contribution in [0.1, 0.15) is 13.3 Å². The molecule has 0 aromatic carbocycles. The maximum Gasteiger partial charge on any atom is 0.411 e. The molecule has 0 N–H and O–H groups in total. The molecular formula is C6H8F3NO. The largest absolute Gasteiger partial charge is 0.411 e. The van der Waals surface area contributed by atoms with Crippen molar-refractivity contribution in [3.8, 4) is 6.07 Å². The average Bonchev–Trinajstić information content (AvgIpc) is 1.83. The molecule has 0 amide bonds. The van der Waals surface area contributed by atoms with Gasteiger partial charge in [0.15, 0.2) is 0 Å². The molecule has 0 aromatic heterocycles. The van der Waals surface area contributed by atoms with Crippen LogP contribution in [0.5, 0.6) is 0 Å². The van der Waals surface area contributed by atoms with Gasteiger partial charge in [-0.25, -0.2) is 0 Å². The van der Waals surface area contributed by atoms with Crippen molar-refractivity contribution in [1.29, 1.82) is 5.26 Å². The molecule has 5 heteroatoms. The molecule has 0 spiro atoms. The number of halogens is 3. The fourth-order valence-corrected chi connectivity index (χ4v) is 0.424. The highest BCUT2D eigenvalue weighted by atomic mass is 19.4. The van der Waals surface area contributed by atoms with E-state index in [0.29, 0.717) is 0 Å². The Hall–Kier alpha value is -0.760. The average molecular weight is 167 g/mol. The van der Waals surface area contributed by atoms with Gasteiger partial charge in [0.2, 0.25) is 0 Å². The summed E-state index contributed by atoms with van der Waals surface area (Å²) in [4.78, 5) is 0. The van der Waals surface area contributed by atoms with Crippen LogP contribution in [0.2, 0.25) is 0 Å². The second-order valence-corrected chi connectivity index (χ2v) is 2.10. The first-order valence-electron chi connectivity index (χ1n) is 3.01. The Bertz CT molecular complexity index is 149. The quantitative estimate of drug-likeness (QED) is 0.642. The Morgan fingerprint density at radius 1 is 1.55 bits per heavy atom. The highest BCUT2D eigenvalue weighted by Gasteiger charge is 2.28. The van der Waals surface area contributed by atoms with Crippen LogP contribution in [0.25, 0.3) is 0 Å². The second-order valence-electron chi connectivity index (χ2n) is 2.10. The first-order valence-corrected chi connectivity index (χ1v) is 3.01. The van der Waals surface area contributed by atoms with Crippen molar-refractivity contribution in [3.05, 3.63) is 0 Å². The predicted molar refractivity (Wildman–Crippen MR) is 31.7 cm³/mol. The summed E-state index contributed by atoms with van der Waals surface area (Å²) in [6, 6.07) is 1.71. The Morgan fingerprint density at radius 3 is 2.45 bits per heavy atom. The number of alkyl halides is 3. The monoisotopic (exact) mass is 167 g/mol. The van der Waals surface area contributed by atoms with Crippen LogP contribution in [0.4, 0.5) is 13.2 Å². The summed E-state index contributed by atoms with van der Waals surface area (Å²) >= 11 is 0. The zero-order chi connectivity index (χ0) is 8.91. The summed E-state index contributed by atoms with van der Waals surface area (Å²) in [7, 11) is 0. The second kappa shape index (κ2) is 4.19. The van der Waals surface area contributed by atoms with E-state index in [9.17, 15) is 13.2 Å². The minimum Gasteiger partial charge on any atom is -0.368 e. The molecule has 0 aliphatic rings. The topological polar surface area (TPSA) is 33.0 Å². The zero-order valence-corrected chi connectivity index (χ0v) is 5.98. The molecule has 64 valence electrons. The first-order chi connectivity index (χ1) is 4.95. The van der Waals surface area contributed by atoms with Gasteiger partial charge in [0, 0.05) is 0 Å². The van der Waals surface area contributed by atoms with E-state index in [1.807, 2.05) is 0 Å². The third kappa shape index (κ3) is 7.13. The summed E-state index contributed by atoms with van der Waals surface area (Å²) in [5, 5.41) is 8.05. The number of nitrogens with zero attached hydrogens (tertiary/aromatic N) is 1. The molecule has 0 aromatic rings. The molecule has 0 fully saturated rings. The van der Waals surface area contributed by atoms with Gasteiger partial charge in [-0.2, -0.15) is 18.4 Å². The van der Waals surface area contributed by atoms with Crippen molar-refractivity contribution in [3.63, 3.8) is 0 Å². The van der Waals surface area contributed by atoms with E-state index in [1.54, 1.807) is 6.07 Å². The minimum atomic E-state index is -4.30. The molecule has 0 rings (SSSR count). The summed E-state index contributed by atoms with van der Waals surface area (Å²) in [5.74, 6) is 0. The molecule has 0 saturated carbocycles. The van der Waals surface area contributed by atoms with E-state index >= 15 is 0 Å². The fraction of sp³-hybridized carbons (Fsp3) is 0.833. The van der Waals surface area contributed by atoms with Crippen LogP contribution in [-0.2, 0) is 4.74 Å². The number of ether oxygens (including phenoxy) is 1. The lowest BCUT2D eigenvalue weighted by Gasteiger charge is -2.11. The van der Waals surface area contributed by atoms with Gasteiger partial charge in [0.1, 0.15) is 6.61 Å². The molecule has 0 heterocycles. The highest BCUT2D eigenvalue weighted by molar-refractivity contribution is 4.73. The van der Waals surface area contributed by atoms with Gasteiger partial charge in [0.05, 0.1) is 18.6 Å². The fourth-order valence-electron chi connectivity index (χ4n) is 0.424. The van der Waals surface area contributed by atoms with E-state index in [-0.39, 0.29) is 6.42 Å². The van der Waals surface area contributed by atoms with E-state index in [0.717, 1.165) is 0 Å². The molecule has 0 aliphatic carbocycles. The van der Waals surface area contributed by atoms with Crippen LogP contribution < -0.4 is 0 Å². The summed E-state index contributed by atoms with van der Waals surface area (Å²) in [6.45, 7) is 0.144. The molecule has 2 nitrogen and oxygen atoms in total. The van der Waals surface area contributed by atoms with E-state index in [4.69, 9.17) is 5.26 Å². The molecule has 0 radical (unpaired) electrons. The number of rotatable bonds is 3. The summed E-state index contributed by atoms with van der Waals surface area (Å²) < 4.78 is 38.6. The van der Waals surface area contributed by atoms with Crippen LogP contribution in [0.3, 0.4) is 0 Å². The molecular weight excluding hydrogens is 159 g/mol. The third-order valence-corrected chi connectivity index (χ3v) is 0.910. The van der Waals surface area contributed by atoms with Gasteiger partial charge < -0.3 is 4.74 Å². The van der Waals surface area contributed by atoms with Gasteiger partial charge in [-0.1, -0.05) is 0 Å². The first kappa shape index (κ1) is 10.2. The minimum absolute atomic E-state index is 0.0178. The van der Waals surface area contributed by atoms with E-state index in [1.165, 1.54) is 6.92 Å². The number of hydrogen-bond donors (Lipinski definition) is 0. The maximum absolute atomic E-state index is 11.4. The van der Waals surface area contributed by atoms with Crippen molar-refractivity contribution in [2.45, 2.75) is 25.6 Å². The van der Waals surface area contributed by atoms with Crippen LogP contribution in [0, 0.1) is 11.3 Å². The number of nitriles is 1. The Kier molecular flexibility index (Phi) is 3.90. The van der Waals surface area contributed by atoms with Gasteiger partial charge in [-0.3, -0.25) is 0 Å². The standard InChI is InChI=1S/C6H8F3NO/c1-5(2-3-10)11-4-6(7,8)9/h5H,2,4H2,1H3. The van der Waals surface area contributed by atoms with Crippen LogP contribution >= 0.6 is 0 Å². The third-order valence-electron chi connectivity index (χ3n) is 0.910. The normalized spacial score (nSPS) is 14.1. The van der Waals surface area contributed by atoms with Gasteiger partial charge in [0.25, 0.3) is 0 Å².